The van der Waals surface area contributed by atoms with Crippen molar-refractivity contribution >= 4 is 18.0 Å². The van der Waals surface area contributed by atoms with Gasteiger partial charge in [0.2, 0.25) is 0 Å². The average molecular weight is 348 g/mol. The van der Waals surface area contributed by atoms with E-state index in [0.717, 1.165) is 12.8 Å². The Balaban J connectivity index is 2.97. The van der Waals surface area contributed by atoms with E-state index in [1.807, 2.05) is 26.0 Å². The highest BCUT2D eigenvalue weighted by Crippen LogP contribution is 2.17. The van der Waals surface area contributed by atoms with Crippen LogP contribution in [0, 0.1) is 0 Å². The van der Waals surface area contributed by atoms with Crippen molar-refractivity contribution in [2.75, 3.05) is 19.8 Å². The summed E-state index contributed by atoms with van der Waals surface area (Å²) in [6.07, 6.45) is 4.88. The highest BCUT2D eigenvalue weighted by atomic mass is 16.6. The quantitative estimate of drug-likeness (QED) is 0.198. The fraction of sp³-hybridized carbons (Fsp3) is 0.500. The van der Waals surface area contributed by atoms with Crippen molar-refractivity contribution in [1.29, 1.82) is 0 Å². The van der Waals surface area contributed by atoms with Gasteiger partial charge in [0.1, 0.15) is 11.3 Å². The molecule has 138 valence electrons. The minimum Gasteiger partial charge on any atom is -0.494 e. The molecule has 0 aromatic heterocycles. The van der Waals surface area contributed by atoms with E-state index in [9.17, 15) is 9.59 Å². The summed E-state index contributed by atoms with van der Waals surface area (Å²) >= 11 is 0. The molecule has 5 heteroatoms. The Morgan fingerprint density at radius 2 is 1.56 bits per heavy atom. The van der Waals surface area contributed by atoms with Gasteiger partial charge in [-0.25, -0.2) is 9.59 Å². The summed E-state index contributed by atoms with van der Waals surface area (Å²) in [6.45, 7) is 7.04. The van der Waals surface area contributed by atoms with E-state index in [2.05, 4.69) is 6.92 Å². The van der Waals surface area contributed by atoms with Crippen LogP contribution in [-0.4, -0.2) is 31.8 Å². The second-order valence-corrected chi connectivity index (χ2v) is 5.60. The first-order valence-corrected chi connectivity index (χ1v) is 8.91. The van der Waals surface area contributed by atoms with Gasteiger partial charge in [-0.2, -0.15) is 0 Å². The Bertz CT molecular complexity index is 555. The van der Waals surface area contributed by atoms with E-state index >= 15 is 0 Å². The monoisotopic (exact) mass is 348 g/mol. The van der Waals surface area contributed by atoms with Gasteiger partial charge in [0.25, 0.3) is 0 Å². The van der Waals surface area contributed by atoms with Crippen LogP contribution in [0.3, 0.4) is 0 Å². The van der Waals surface area contributed by atoms with Crippen molar-refractivity contribution in [1.82, 2.24) is 0 Å². The second kappa shape index (κ2) is 12.1. The molecule has 0 fully saturated rings. The predicted molar refractivity (Wildman–Crippen MR) is 97.3 cm³/mol. The zero-order chi connectivity index (χ0) is 18.5. The van der Waals surface area contributed by atoms with E-state index < -0.39 is 11.9 Å². The molecule has 0 bridgehead atoms. The Morgan fingerprint density at radius 3 is 2.12 bits per heavy atom. The number of ether oxygens (including phenoxy) is 3. The first-order chi connectivity index (χ1) is 12.1. The smallest absolute Gasteiger partial charge is 0.345 e. The maximum atomic E-state index is 12.2. The Morgan fingerprint density at radius 1 is 0.920 bits per heavy atom. The topological polar surface area (TPSA) is 61.8 Å². The fourth-order valence-corrected chi connectivity index (χ4v) is 1.94. The lowest BCUT2D eigenvalue weighted by atomic mass is 10.1. The van der Waals surface area contributed by atoms with Crippen LogP contribution in [0.15, 0.2) is 29.8 Å². The molecule has 0 aliphatic heterocycles. The van der Waals surface area contributed by atoms with Crippen LogP contribution in [0.25, 0.3) is 6.08 Å². The van der Waals surface area contributed by atoms with Crippen LogP contribution in [0.2, 0.25) is 0 Å². The van der Waals surface area contributed by atoms with Gasteiger partial charge < -0.3 is 14.2 Å². The highest BCUT2D eigenvalue weighted by Gasteiger charge is 2.21. The summed E-state index contributed by atoms with van der Waals surface area (Å²) in [7, 11) is 0. The normalized spacial score (nSPS) is 10.0. The molecule has 1 aromatic rings. The lowest BCUT2D eigenvalue weighted by molar-refractivity contribution is -0.147. The van der Waals surface area contributed by atoms with Crippen LogP contribution in [0.4, 0.5) is 0 Å². The standard InChI is InChI=1S/C20H28O5/c1-4-7-13-23-17-10-8-9-16(14-17)15-18(19(21)24-11-5-2)20(22)25-12-6-3/h8-10,14-15H,4-7,11-13H2,1-3H3. The van der Waals surface area contributed by atoms with Crippen molar-refractivity contribution in [2.24, 2.45) is 0 Å². The molecule has 1 rings (SSSR count). The Hall–Kier alpha value is -2.30. The van der Waals surface area contributed by atoms with E-state index in [0.29, 0.717) is 30.8 Å². The SMILES string of the molecule is CCCCOc1cccc(C=C(C(=O)OCCC)C(=O)OCCC)c1. The lowest BCUT2D eigenvalue weighted by Crippen LogP contribution is -2.19. The van der Waals surface area contributed by atoms with Gasteiger partial charge in [0.05, 0.1) is 19.8 Å². The van der Waals surface area contributed by atoms with Gasteiger partial charge in [0, 0.05) is 0 Å². The molecule has 5 nitrogen and oxygen atoms in total. The van der Waals surface area contributed by atoms with Gasteiger partial charge in [-0.3, -0.25) is 0 Å². The van der Waals surface area contributed by atoms with Gasteiger partial charge >= 0.3 is 11.9 Å². The number of carbonyl (C=O) groups excluding carboxylic acids is 2. The van der Waals surface area contributed by atoms with E-state index in [-0.39, 0.29) is 18.8 Å². The molecule has 0 saturated heterocycles. The summed E-state index contributed by atoms with van der Waals surface area (Å²) in [6, 6.07) is 7.25. The van der Waals surface area contributed by atoms with Gasteiger partial charge in [0.15, 0.2) is 0 Å². The van der Waals surface area contributed by atoms with Gasteiger partial charge in [-0.05, 0) is 43.0 Å². The molecular weight excluding hydrogens is 320 g/mol. The average Bonchev–Trinajstić information content (AvgIpc) is 2.62. The number of carbonyl (C=O) groups is 2. The minimum atomic E-state index is -0.666. The molecule has 0 heterocycles. The summed E-state index contributed by atoms with van der Waals surface area (Å²) in [5, 5.41) is 0. The van der Waals surface area contributed by atoms with Gasteiger partial charge in [-0.15, -0.1) is 0 Å². The van der Waals surface area contributed by atoms with Crippen LogP contribution in [0.1, 0.15) is 52.0 Å². The first-order valence-electron chi connectivity index (χ1n) is 8.91. The van der Waals surface area contributed by atoms with Gasteiger partial charge in [-0.1, -0.05) is 39.3 Å². The molecule has 0 N–H and O–H groups in total. The highest BCUT2D eigenvalue weighted by molar-refractivity contribution is 6.17. The molecule has 0 amide bonds. The summed E-state index contributed by atoms with van der Waals surface area (Å²) in [5.74, 6) is -0.633. The van der Waals surface area contributed by atoms with Crippen molar-refractivity contribution in [2.45, 2.75) is 46.5 Å². The third kappa shape index (κ3) is 7.88. The lowest BCUT2D eigenvalue weighted by Gasteiger charge is -2.09. The summed E-state index contributed by atoms with van der Waals surface area (Å²) < 4.78 is 15.9. The van der Waals surface area contributed by atoms with Crippen LogP contribution < -0.4 is 4.74 Å². The van der Waals surface area contributed by atoms with Crippen LogP contribution >= 0.6 is 0 Å². The van der Waals surface area contributed by atoms with Crippen molar-refractivity contribution in [3.63, 3.8) is 0 Å². The number of hydrogen-bond acceptors (Lipinski definition) is 5. The number of benzene rings is 1. The Kier molecular flexibility index (Phi) is 10.1. The van der Waals surface area contributed by atoms with E-state index in [1.54, 1.807) is 12.1 Å². The van der Waals surface area contributed by atoms with E-state index in [1.165, 1.54) is 6.08 Å². The zero-order valence-electron chi connectivity index (χ0n) is 15.4. The van der Waals surface area contributed by atoms with Crippen LogP contribution in [0.5, 0.6) is 5.75 Å². The third-order valence-electron chi connectivity index (χ3n) is 3.25. The minimum absolute atomic E-state index is 0.104. The Labute approximate surface area is 150 Å². The molecule has 0 aliphatic rings. The molecule has 0 atom stereocenters. The molecule has 0 saturated carbocycles. The maximum Gasteiger partial charge on any atom is 0.345 e. The molecule has 0 radical (unpaired) electrons. The fourth-order valence-electron chi connectivity index (χ4n) is 1.94. The number of rotatable bonds is 11. The van der Waals surface area contributed by atoms with Crippen molar-refractivity contribution in [3.8, 4) is 5.75 Å². The zero-order valence-corrected chi connectivity index (χ0v) is 15.4. The molecule has 0 aliphatic carbocycles. The van der Waals surface area contributed by atoms with Crippen LogP contribution in [-0.2, 0) is 19.1 Å². The summed E-state index contributed by atoms with van der Waals surface area (Å²) in [4.78, 5) is 24.4. The summed E-state index contributed by atoms with van der Waals surface area (Å²) in [5.41, 5.74) is 0.582. The molecule has 0 spiro atoms. The predicted octanol–water partition coefficient (Wildman–Crippen LogP) is 4.16. The molecule has 1 aromatic carbocycles. The van der Waals surface area contributed by atoms with E-state index in [4.69, 9.17) is 14.2 Å². The molecular formula is C20H28O5. The number of unbranched alkanes of at least 4 members (excludes halogenated alkanes) is 1. The largest absolute Gasteiger partial charge is 0.494 e. The molecule has 25 heavy (non-hydrogen) atoms. The first kappa shape index (κ1) is 20.7. The van der Waals surface area contributed by atoms with Crippen molar-refractivity contribution < 1.29 is 23.8 Å². The number of hydrogen-bond donors (Lipinski definition) is 0. The maximum absolute atomic E-state index is 12.2. The second-order valence-electron chi connectivity index (χ2n) is 5.60. The third-order valence-corrected chi connectivity index (χ3v) is 3.25. The number of esters is 2. The molecule has 0 unspecified atom stereocenters. The van der Waals surface area contributed by atoms with Crippen molar-refractivity contribution in [3.05, 3.63) is 35.4 Å².